The molecule has 1 aromatic rings. The SMILES string of the molecule is CN1C(=O)CC(CC(=O)O)c2ccc(Cl)cc21. The van der Waals surface area contributed by atoms with Crippen LogP contribution in [0.5, 0.6) is 0 Å². The molecule has 1 heterocycles. The molecule has 2 rings (SSSR count). The molecular formula is C12H12ClNO3. The van der Waals surface area contributed by atoms with Crippen molar-refractivity contribution in [2.24, 2.45) is 0 Å². The van der Waals surface area contributed by atoms with E-state index in [-0.39, 0.29) is 24.7 Å². The van der Waals surface area contributed by atoms with E-state index in [0.29, 0.717) is 10.7 Å². The molecule has 17 heavy (non-hydrogen) atoms. The van der Waals surface area contributed by atoms with Crippen LogP contribution < -0.4 is 4.90 Å². The molecule has 90 valence electrons. The van der Waals surface area contributed by atoms with Crippen molar-refractivity contribution in [1.29, 1.82) is 0 Å². The van der Waals surface area contributed by atoms with E-state index in [2.05, 4.69) is 0 Å². The monoisotopic (exact) mass is 253 g/mol. The highest BCUT2D eigenvalue weighted by Crippen LogP contribution is 2.38. The molecular weight excluding hydrogens is 242 g/mol. The molecule has 0 spiro atoms. The average Bonchev–Trinajstić information content (AvgIpc) is 2.24. The van der Waals surface area contributed by atoms with E-state index < -0.39 is 5.97 Å². The second-order valence-electron chi connectivity index (χ2n) is 4.15. The number of carbonyl (C=O) groups is 2. The molecule has 0 aliphatic carbocycles. The van der Waals surface area contributed by atoms with Gasteiger partial charge in [0.1, 0.15) is 0 Å². The fourth-order valence-corrected chi connectivity index (χ4v) is 2.30. The van der Waals surface area contributed by atoms with E-state index in [4.69, 9.17) is 16.7 Å². The van der Waals surface area contributed by atoms with Gasteiger partial charge in [0.05, 0.1) is 6.42 Å². The fourth-order valence-electron chi connectivity index (χ4n) is 2.14. The first kappa shape index (κ1) is 11.9. The molecule has 0 fully saturated rings. The van der Waals surface area contributed by atoms with Gasteiger partial charge in [-0.25, -0.2) is 0 Å². The third kappa shape index (κ3) is 2.26. The van der Waals surface area contributed by atoms with Crippen LogP contribution in [-0.4, -0.2) is 24.0 Å². The largest absolute Gasteiger partial charge is 0.481 e. The third-order valence-corrected chi connectivity index (χ3v) is 3.24. The van der Waals surface area contributed by atoms with Crippen molar-refractivity contribution in [3.05, 3.63) is 28.8 Å². The van der Waals surface area contributed by atoms with E-state index in [1.54, 1.807) is 25.2 Å². The minimum atomic E-state index is -0.895. The topological polar surface area (TPSA) is 57.6 Å². The maximum absolute atomic E-state index is 11.7. The molecule has 1 unspecified atom stereocenters. The molecule has 0 aromatic heterocycles. The summed E-state index contributed by atoms with van der Waals surface area (Å²) in [6, 6.07) is 5.22. The Morgan fingerprint density at radius 2 is 2.29 bits per heavy atom. The van der Waals surface area contributed by atoms with E-state index in [1.807, 2.05) is 0 Å². The number of benzene rings is 1. The number of amides is 1. The van der Waals surface area contributed by atoms with Gasteiger partial charge in [-0.1, -0.05) is 17.7 Å². The predicted molar refractivity (Wildman–Crippen MR) is 64.5 cm³/mol. The van der Waals surface area contributed by atoms with Crippen LogP contribution >= 0.6 is 11.6 Å². The summed E-state index contributed by atoms with van der Waals surface area (Å²) < 4.78 is 0. The number of anilines is 1. The number of nitrogens with zero attached hydrogens (tertiary/aromatic N) is 1. The minimum absolute atomic E-state index is 0.0335. The number of hydrogen-bond acceptors (Lipinski definition) is 2. The summed E-state index contributed by atoms with van der Waals surface area (Å²) in [7, 11) is 1.68. The number of carboxylic acids is 1. The first-order chi connectivity index (χ1) is 7.99. The molecule has 4 nitrogen and oxygen atoms in total. The Balaban J connectivity index is 2.45. The van der Waals surface area contributed by atoms with Crippen LogP contribution in [0.25, 0.3) is 0 Å². The normalized spacial score (nSPS) is 19.1. The zero-order valence-corrected chi connectivity index (χ0v) is 10.1. The number of carbonyl (C=O) groups excluding carboxylic acids is 1. The molecule has 1 aliphatic rings. The van der Waals surface area contributed by atoms with Crippen LogP contribution in [0.3, 0.4) is 0 Å². The number of fused-ring (bicyclic) bond motifs is 1. The second kappa shape index (κ2) is 4.37. The van der Waals surface area contributed by atoms with Crippen molar-refractivity contribution in [2.45, 2.75) is 18.8 Å². The summed E-state index contributed by atoms with van der Waals surface area (Å²) in [5.74, 6) is -1.23. The summed E-state index contributed by atoms with van der Waals surface area (Å²) in [5, 5.41) is 9.39. The molecule has 1 aromatic carbocycles. The minimum Gasteiger partial charge on any atom is -0.481 e. The van der Waals surface area contributed by atoms with Crippen molar-refractivity contribution in [1.82, 2.24) is 0 Å². The van der Waals surface area contributed by atoms with Gasteiger partial charge in [0.25, 0.3) is 0 Å². The Kier molecular flexibility index (Phi) is 3.07. The smallest absolute Gasteiger partial charge is 0.303 e. The maximum atomic E-state index is 11.7. The maximum Gasteiger partial charge on any atom is 0.303 e. The van der Waals surface area contributed by atoms with Crippen LogP contribution in [-0.2, 0) is 9.59 Å². The van der Waals surface area contributed by atoms with Gasteiger partial charge in [-0.2, -0.15) is 0 Å². The zero-order valence-electron chi connectivity index (χ0n) is 9.31. The highest BCUT2D eigenvalue weighted by molar-refractivity contribution is 6.31. The Labute approximate surface area is 104 Å². The summed E-state index contributed by atoms with van der Waals surface area (Å²) in [6.07, 6.45) is 0.200. The van der Waals surface area contributed by atoms with Gasteiger partial charge in [-0.3, -0.25) is 9.59 Å². The molecule has 1 N–H and O–H groups in total. The lowest BCUT2D eigenvalue weighted by molar-refractivity contribution is -0.137. The summed E-state index contributed by atoms with van der Waals surface area (Å²) >= 11 is 5.89. The number of hydrogen-bond donors (Lipinski definition) is 1. The lowest BCUT2D eigenvalue weighted by Crippen LogP contribution is -2.33. The number of carboxylic acid groups (broad SMARTS) is 1. The quantitative estimate of drug-likeness (QED) is 0.880. The van der Waals surface area contributed by atoms with Gasteiger partial charge >= 0.3 is 5.97 Å². The molecule has 0 bridgehead atoms. The van der Waals surface area contributed by atoms with Crippen LogP contribution in [0.4, 0.5) is 5.69 Å². The first-order valence-electron chi connectivity index (χ1n) is 5.27. The fraction of sp³-hybridized carbons (Fsp3) is 0.333. The highest BCUT2D eigenvalue weighted by atomic mass is 35.5. The van der Waals surface area contributed by atoms with Gasteiger partial charge in [0.2, 0.25) is 5.91 Å². The third-order valence-electron chi connectivity index (χ3n) is 3.01. The van der Waals surface area contributed by atoms with Gasteiger partial charge in [-0.15, -0.1) is 0 Å². The van der Waals surface area contributed by atoms with Crippen molar-refractivity contribution in [2.75, 3.05) is 11.9 Å². The van der Waals surface area contributed by atoms with E-state index in [9.17, 15) is 9.59 Å². The first-order valence-corrected chi connectivity index (χ1v) is 5.64. The molecule has 0 saturated heterocycles. The van der Waals surface area contributed by atoms with Crippen LogP contribution in [0.15, 0.2) is 18.2 Å². The van der Waals surface area contributed by atoms with Crippen LogP contribution in [0.1, 0.15) is 24.3 Å². The molecule has 0 radical (unpaired) electrons. The molecule has 1 amide bonds. The average molecular weight is 254 g/mol. The Bertz CT molecular complexity index is 487. The van der Waals surface area contributed by atoms with Crippen molar-refractivity contribution < 1.29 is 14.7 Å². The molecule has 1 atom stereocenters. The summed E-state index contributed by atoms with van der Waals surface area (Å²) in [4.78, 5) is 24.1. The van der Waals surface area contributed by atoms with Crippen molar-refractivity contribution in [3.8, 4) is 0 Å². The molecule has 5 heteroatoms. The zero-order chi connectivity index (χ0) is 12.6. The van der Waals surface area contributed by atoms with Crippen molar-refractivity contribution in [3.63, 3.8) is 0 Å². The predicted octanol–water partition coefficient (Wildman–Crippen LogP) is 2.26. The van der Waals surface area contributed by atoms with E-state index in [1.165, 1.54) is 4.90 Å². The lowest BCUT2D eigenvalue weighted by Gasteiger charge is -2.31. The van der Waals surface area contributed by atoms with Crippen molar-refractivity contribution >= 4 is 29.2 Å². The van der Waals surface area contributed by atoms with E-state index >= 15 is 0 Å². The highest BCUT2D eigenvalue weighted by Gasteiger charge is 2.30. The van der Waals surface area contributed by atoms with E-state index in [0.717, 1.165) is 5.56 Å². The van der Waals surface area contributed by atoms with Gasteiger partial charge in [0.15, 0.2) is 0 Å². The number of aliphatic carboxylic acids is 1. The Morgan fingerprint density at radius 1 is 1.59 bits per heavy atom. The molecule has 1 aliphatic heterocycles. The standard InChI is InChI=1S/C12H12ClNO3/c1-14-10-6-8(13)2-3-9(10)7(4-11(14)15)5-12(16)17/h2-3,6-7H,4-5H2,1H3,(H,16,17). The Hall–Kier alpha value is -1.55. The second-order valence-corrected chi connectivity index (χ2v) is 4.59. The molecule has 0 saturated carbocycles. The lowest BCUT2D eigenvalue weighted by atomic mass is 9.87. The summed E-state index contributed by atoms with van der Waals surface area (Å²) in [5.41, 5.74) is 1.58. The Morgan fingerprint density at radius 3 is 2.94 bits per heavy atom. The van der Waals surface area contributed by atoms with Gasteiger partial charge in [0, 0.05) is 30.1 Å². The number of halogens is 1. The van der Waals surface area contributed by atoms with Gasteiger partial charge in [-0.05, 0) is 17.7 Å². The summed E-state index contributed by atoms with van der Waals surface area (Å²) in [6.45, 7) is 0. The van der Waals surface area contributed by atoms with Crippen LogP contribution in [0.2, 0.25) is 5.02 Å². The van der Waals surface area contributed by atoms with Crippen LogP contribution in [0, 0.1) is 0 Å². The number of rotatable bonds is 2. The van der Waals surface area contributed by atoms with Gasteiger partial charge < -0.3 is 10.0 Å².